The van der Waals surface area contributed by atoms with Gasteiger partial charge in [0.05, 0.1) is 0 Å². The highest BCUT2D eigenvalue weighted by Gasteiger charge is 2.26. The summed E-state index contributed by atoms with van der Waals surface area (Å²) in [6.07, 6.45) is 5.75. The van der Waals surface area contributed by atoms with Crippen LogP contribution >= 0.6 is 0 Å². The van der Waals surface area contributed by atoms with Gasteiger partial charge in [0.25, 0.3) is 0 Å². The highest BCUT2D eigenvalue weighted by atomic mass is 16.2. The van der Waals surface area contributed by atoms with E-state index in [1.54, 1.807) is 9.80 Å². The molecule has 0 radical (unpaired) electrons. The number of rotatable bonds is 3. The van der Waals surface area contributed by atoms with Crippen LogP contribution in [0.25, 0.3) is 0 Å². The van der Waals surface area contributed by atoms with Gasteiger partial charge < -0.3 is 14.9 Å². The van der Waals surface area contributed by atoms with Crippen LogP contribution in [0.15, 0.2) is 0 Å². The van der Waals surface area contributed by atoms with Crippen LogP contribution in [-0.4, -0.2) is 61.5 Å². The highest BCUT2D eigenvalue weighted by molar-refractivity contribution is 5.78. The van der Waals surface area contributed by atoms with Gasteiger partial charge in [-0.15, -0.1) is 0 Å². The van der Waals surface area contributed by atoms with Gasteiger partial charge in [-0.3, -0.25) is 9.59 Å². The minimum atomic E-state index is 0.153. The molecular weight excluding hydrogens is 280 g/mol. The number of hydrogen-bond donors (Lipinski definition) is 1. The second-order valence-corrected chi connectivity index (χ2v) is 4.86. The van der Waals surface area contributed by atoms with E-state index in [9.17, 15) is 9.59 Å². The largest absolute Gasteiger partial charge is 0.400 e. The molecule has 0 saturated heterocycles. The number of carbonyl (C=O) groups excluding carboxylic acids is 2. The summed E-state index contributed by atoms with van der Waals surface area (Å²) in [4.78, 5) is 25.9. The third kappa shape index (κ3) is 10.6. The van der Waals surface area contributed by atoms with Crippen molar-refractivity contribution >= 4 is 12.3 Å². The molecule has 0 aliphatic heterocycles. The van der Waals surface area contributed by atoms with Gasteiger partial charge in [0, 0.05) is 40.2 Å². The first-order valence-corrected chi connectivity index (χ1v) is 8.39. The summed E-state index contributed by atoms with van der Waals surface area (Å²) in [6.45, 7) is 8.00. The van der Waals surface area contributed by atoms with Gasteiger partial charge in [-0.25, -0.2) is 0 Å². The molecule has 22 heavy (non-hydrogen) atoms. The fraction of sp³-hybridized carbons (Fsp3) is 0.882. The SMILES string of the molecule is CC.CC.CN(C)C(=O)C1CCCC(N(C)C=O)CC1.CO. The summed E-state index contributed by atoms with van der Waals surface area (Å²) in [5.74, 6) is 0.384. The smallest absolute Gasteiger partial charge is 0.225 e. The Morgan fingerprint density at radius 1 is 0.955 bits per heavy atom. The molecular formula is C17H38N2O3. The summed E-state index contributed by atoms with van der Waals surface area (Å²) >= 11 is 0. The zero-order valence-electron chi connectivity index (χ0n) is 15.9. The third-order valence-electron chi connectivity index (χ3n) is 3.47. The van der Waals surface area contributed by atoms with Gasteiger partial charge in [-0.2, -0.15) is 0 Å². The molecule has 1 N–H and O–H groups in total. The predicted molar refractivity (Wildman–Crippen MR) is 93.7 cm³/mol. The van der Waals surface area contributed by atoms with Crippen molar-refractivity contribution < 1.29 is 14.7 Å². The van der Waals surface area contributed by atoms with Crippen LogP contribution in [0.5, 0.6) is 0 Å². The summed E-state index contributed by atoms with van der Waals surface area (Å²) in [5.41, 5.74) is 0. The second-order valence-electron chi connectivity index (χ2n) is 4.86. The average Bonchev–Trinajstić information content (AvgIpc) is 2.84. The van der Waals surface area contributed by atoms with Crippen molar-refractivity contribution in [3.63, 3.8) is 0 Å². The quantitative estimate of drug-likeness (QED) is 0.643. The topological polar surface area (TPSA) is 60.9 Å². The van der Waals surface area contributed by atoms with Crippen molar-refractivity contribution in [2.75, 3.05) is 28.3 Å². The Hall–Kier alpha value is -1.10. The molecule has 5 nitrogen and oxygen atoms in total. The number of amides is 2. The lowest BCUT2D eigenvalue weighted by Crippen LogP contribution is -2.31. The Bertz CT molecular complexity index is 258. The van der Waals surface area contributed by atoms with Gasteiger partial charge in [-0.1, -0.05) is 34.1 Å². The Balaban J connectivity index is -0.000000535. The van der Waals surface area contributed by atoms with Crippen molar-refractivity contribution in [2.45, 2.75) is 65.8 Å². The fourth-order valence-corrected chi connectivity index (χ4v) is 2.39. The van der Waals surface area contributed by atoms with E-state index in [4.69, 9.17) is 5.11 Å². The molecule has 1 fully saturated rings. The van der Waals surface area contributed by atoms with Crippen LogP contribution in [0.4, 0.5) is 0 Å². The minimum Gasteiger partial charge on any atom is -0.400 e. The van der Waals surface area contributed by atoms with E-state index in [-0.39, 0.29) is 11.8 Å². The third-order valence-corrected chi connectivity index (χ3v) is 3.47. The first-order chi connectivity index (χ1) is 10.6. The zero-order chi connectivity index (χ0) is 18.1. The van der Waals surface area contributed by atoms with Gasteiger partial charge in [-0.05, 0) is 25.7 Å². The van der Waals surface area contributed by atoms with Crippen LogP contribution < -0.4 is 0 Å². The Labute approximate surface area is 137 Å². The van der Waals surface area contributed by atoms with Gasteiger partial charge in [0.15, 0.2) is 0 Å². The molecule has 1 aliphatic rings. The van der Waals surface area contributed by atoms with Crippen LogP contribution in [0.2, 0.25) is 0 Å². The number of hydrogen-bond acceptors (Lipinski definition) is 3. The maximum atomic E-state index is 11.8. The molecule has 0 aromatic heterocycles. The number of carbonyl (C=O) groups is 2. The normalized spacial score (nSPS) is 19.5. The minimum absolute atomic E-state index is 0.153. The van der Waals surface area contributed by atoms with E-state index in [1.807, 2.05) is 48.8 Å². The van der Waals surface area contributed by atoms with Crippen molar-refractivity contribution in [1.82, 2.24) is 9.80 Å². The van der Waals surface area contributed by atoms with Gasteiger partial charge >= 0.3 is 0 Å². The Morgan fingerprint density at radius 3 is 1.86 bits per heavy atom. The standard InChI is InChI=1S/C12H22N2O2.2C2H6.CH4O/c1-13(2)12(16)10-5-4-6-11(8-7-10)14(3)9-15;3*1-2/h9-11H,4-8H2,1-3H3;2*1-2H3;2H,1H3. The summed E-state index contributed by atoms with van der Waals surface area (Å²) in [5, 5.41) is 7.00. The highest BCUT2D eigenvalue weighted by Crippen LogP contribution is 2.26. The molecule has 5 heteroatoms. The van der Waals surface area contributed by atoms with E-state index in [2.05, 4.69) is 0 Å². The first-order valence-electron chi connectivity index (χ1n) is 8.39. The van der Waals surface area contributed by atoms with Crippen molar-refractivity contribution in [1.29, 1.82) is 0 Å². The molecule has 134 valence electrons. The molecule has 2 unspecified atom stereocenters. The lowest BCUT2D eigenvalue weighted by Gasteiger charge is -2.23. The molecule has 2 atom stereocenters. The fourth-order valence-electron chi connectivity index (χ4n) is 2.39. The van der Waals surface area contributed by atoms with E-state index in [0.29, 0.717) is 6.04 Å². The van der Waals surface area contributed by atoms with Gasteiger partial charge in [0.2, 0.25) is 12.3 Å². The molecule has 1 rings (SSSR count). The van der Waals surface area contributed by atoms with E-state index in [1.165, 1.54) is 0 Å². The molecule has 0 bridgehead atoms. The number of aliphatic hydroxyl groups excluding tert-OH is 1. The van der Waals surface area contributed by atoms with E-state index >= 15 is 0 Å². The molecule has 1 saturated carbocycles. The molecule has 0 aromatic rings. The average molecular weight is 319 g/mol. The number of nitrogens with zero attached hydrogens (tertiary/aromatic N) is 2. The van der Waals surface area contributed by atoms with E-state index < -0.39 is 0 Å². The van der Waals surface area contributed by atoms with Crippen molar-refractivity contribution in [3.05, 3.63) is 0 Å². The Kier molecular flexibility index (Phi) is 21.1. The maximum Gasteiger partial charge on any atom is 0.225 e. The van der Waals surface area contributed by atoms with Crippen LogP contribution in [0.3, 0.4) is 0 Å². The molecule has 0 heterocycles. The number of aliphatic hydroxyl groups is 1. The van der Waals surface area contributed by atoms with E-state index in [0.717, 1.165) is 45.6 Å². The van der Waals surface area contributed by atoms with Crippen molar-refractivity contribution in [3.8, 4) is 0 Å². The molecule has 0 spiro atoms. The second kappa shape index (κ2) is 18.0. The lowest BCUT2D eigenvalue weighted by atomic mass is 9.99. The molecule has 0 aromatic carbocycles. The summed E-state index contributed by atoms with van der Waals surface area (Å²) in [7, 11) is 6.44. The van der Waals surface area contributed by atoms with Crippen LogP contribution in [0.1, 0.15) is 59.8 Å². The van der Waals surface area contributed by atoms with Crippen LogP contribution in [0, 0.1) is 5.92 Å². The first kappa shape index (κ1) is 25.8. The predicted octanol–water partition coefficient (Wildman–Crippen LogP) is 2.77. The van der Waals surface area contributed by atoms with Gasteiger partial charge in [0.1, 0.15) is 0 Å². The van der Waals surface area contributed by atoms with Crippen LogP contribution in [-0.2, 0) is 9.59 Å². The maximum absolute atomic E-state index is 11.8. The summed E-state index contributed by atoms with van der Waals surface area (Å²) in [6, 6.07) is 0.317. The summed E-state index contributed by atoms with van der Waals surface area (Å²) < 4.78 is 0. The molecule has 1 aliphatic carbocycles. The monoisotopic (exact) mass is 318 g/mol. The lowest BCUT2D eigenvalue weighted by molar-refractivity contribution is -0.133. The Morgan fingerprint density at radius 2 is 1.45 bits per heavy atom. The zero-order valence-corrected chi connectivity index (χ0v) is 15.9. The van der Waals surface area contributed by atoms with Crippen molar-refractivity contribution in [2.24, 2.45) is 5.92 Å². The molecule has 2 amide bonds.